The first-order chi connectivity index (χ1) is 7.24. The van der Waals surface area contributed by atoms with Gasteiger partial charge in [0, 0.05) is 25.7 Å². The van der Waals surface area contributed by atoms with Gasteiger partial charge in [-0.15, -0.1) is 6.58 Å². The Balaban J connectivity index is 2.61. The fourth-order valence-electron chi connectivity index (χ4n) is 1.20. The van der Waals surface area contributed by atoms with Crippen molar-refractivity contribution in [3.63, 3.8) is 0 Å². The molecule has 5 heteroatoms. The Morgan fingerprint density at radius 3 is 2.87 bits per heavy atom. The van der Waals surface area contributed by atoms with Gasteiger partial charge in [0.05, 0.1) is 0 Å². The molecule has 0 aliphatic heterocycles. The van der Waals surface area contributed by atoms with Crippen LogP contribution in [0.3, 0.4) is 0 Å². The highest BCUT2D eigenvalue weighted by Gasteiger charge is 2.07. The number of nitrogens with zero attached hydrogens (tertiary/aromatic N) is 3. The van der Waals surface area contributed by atoms with E-state index in [1.807, 2.05) is 4.90 Å². The van der Waals surface area contributed by atoms with Gasteiger partial charge in [0.15, 0.2) is 6.29 Å². The predicted octanol–water partition coefficient (Wildman–Crippen LogP) is 0.170. The van der Waals surface area contributed by atoms with Gasteiger partial charge in [0.25, 0.3) is 0 Å². The van der Waals surface area contributed by atoms with Gasteiger partial charge >= 0.3 is 0 Å². The van der Waals surface area contributed by atoms with Crippen molar-refractivity contribution < 1.29 is 10.2 Å². The van der Waals surface area contributed by atoms with E-state index in [9.17, 15) is 0 Å². The average molecular weight is 209 g/mol. The van der Waals surface area contributed by atoms with E-state index in [-0.39, 0.29) is 6.42 Å². The second kappa shape index (κ2) is 6.10. The lowest BCUT2D eigenvalue weighted by atomic mass is 10.3. The van der Waals surface area contributed by atoms with Crippen LogP contribution in [0.2, 0.25) is 0 Å². The van der Waals surface area contributed by atoms with E-state index in [0.717, 1.165) is 5.82 Å². The molecule has 82 valence electrons. The summed E-state index contributed by atoms with van der Waals surface area (Å²) < 4.78 is 0. The lowest BCUT2D eigenvalue weighted by molar-refractivity contribution is -0.0432. The second-order valence-electron chi connectivity index (χ2n) is 3.07. The topological polar surface area (TPSA) is 69.5 Å². The second-order valence-corrected chi connectivity index (χ2v) is 3.07. The molecule has 0 spiro atoms. The Hall–Kier alpha value is -1.46. The van der Waals surface area contributed by atoms with Crippen molar-refractivity contribution in [3.05, 3.63) is 31.2 Å². The highest BCUT2D eigenvalue weighted by atomic mass is 16.5. The van der Waals surface area contributed by atoms with E-state index >= 15 is 0 Å². The molecule has 1 rings (SSSR count). The molecule has 2 N–H and O–H groups in total. The van der Waals surface area contributed by atoms with Gasteiger partial charge in [-0.1, -0.05) is 6.08 Å². The molecule has 1 heterocycles. The fraction of sp³-hybridized carbons (Fsp3) is 0.400. The van der Waals surface area contributed by atoms with E-state index < -0.39 is 6.29 Å². The first-order valence-electron chi connectivity index (χ1n) is 4.72. The smallest absolute Gasteiger partial charge is 0.153 e. The summed E-state index contributed by atoms with van der Waals surface area (Å²) in [5.74, 6) is 0.755. The Labute approximate surface area is 88.7 Å². The molecule has 1 aromatic rings. The Morgan fingerprint density at radius 2 is 2.33 bits per heavy atom. The third-order valence-electron chi connectivity index (χ3n) is 1.90. The van der Waals surface area contributed by atoms with E-state index in [4.69, 9.17) is 10.2 Å². The minimum Gasteiger partial charge on any atom is -0.368 e. The van der Waals surface area contributed by atoms with Crippen LogP contribution in [-0.2, 0) is 0 Å². The molecule has 0 saturated carbocycles. The summed E-state index contributed by atoms with van der Waals surface area (Å²) in [7, 11) is 0. The molecule has 0 fully saturated rings. The normalized spacial score (nSPS) is 10.3. The van der Waals surface area contributed by atoms with Gasteiger partial charge < -0.3 is 15.1 Å². The molecular weight excluding hydrogens is 194 g/mol. The van der Waals surface area contributed by atoms with E-state index in [1.165, 1.54) is 6.33 Å². The van der Waals surface area contributed by atoms with Crippen molar-refractivity contribution in [2.24, 2.45) is 0 Å². The lowest BCUT2D eigenvalue weighted by Crippen LogP contribution is -2.28. The van der Waals surface area contributed by atoms with Crippen molar-refractivity contribution in [3.8, 4) is 0 Å². The molecule has 0 amide bonds. The zero-order chi connectivity index (χ0) is 11.1. The maximum Gasteiger partial charge on any atom is 0.153 e. The summed E-state index contributed by atoms with van der Waals surface area (Å²) in [4.78, 5) is 9.80. The van der Waals surface area contributed by atoms with Gasteiger partial charge in [-0.3, -0.25) is 0 Å². The zero-order valence-electron chi connectivity index (χ0n) is 8.45. The molecule has 1 aromatic heterocycles. The van der Waals surface area contributed by atoms with Crippen LogP contribution in [0.25, 0.3) is 0 Å². The summed E-state index contributed by atoms with van der Waals surface area (Å²) in [6.45, 7) is 4.77. The highest BCUT2D eigenvalue weighted by molar-refractivity contribution is 5.37. The molecule has 0 aliphatic rings. The first-order valence-corrected chi connectivity index (χ1v) is 4.72. The van der Waals surface area contributed by atoms with Crippen LogP contribution in [0, 0.1) is 0 Å². The van der Waals surface area contributed by atoms with Crippen molar-refractivity contribution in [1.82, 2.24) is 9.97 Å². The predicted molar refractivity (Wildman–Crippen MR) is 57.3 cm³/mol. The fourth-order valence-corrected chi connectivity index (χ4v) is 1.20. The van der Waals surface area contributed by atoms with Crippen LogP contribution in [-0.4, -0.2) is 39.6 Å². The molecule has 0 bridgehead atoms. The zero-order valence-corrected chi connectivity index (χ0v) is 8.45. The highest BCUT2D eigenvalue weighted by Crippen LogP contribution is 2.08. The molecule has 0 atom stereocenters. The minimum absolute atomic E-state index is 0.276. The quantitative estimate of drug-likeness (QED) is 0.516. The summed E-state index contributed by atoms with van der Waals surface area (Å²) in [6.07, 6.45) is 3.83. The number of rotatable bonds is 6. The van der Waals surface area contributed by atoms with Gasteiger partial charge in [0.1, 0.15) is 12.1 Å². The van der Waals surface area contributed by atoms with Crippen LogP contribution in [0.15, 0.2) is 31.2 Å². The maximum atomic E-state index is 8.79. The van der Waals surface area contributed by atoms with Gasteiger partial charge in [0.2, 0.25) is 0 Å². The molecule has 0 aliphatic carbocycles. The Morgan fingerprint density at radius 1 is 1.53 bits per heavy atom. The van der Waals surface area contributed by atoms with Gasteiger partial charge in [-0.05, 0) is 6.07 Å². The summed E-state index contributed by atoms with van der Waals surface area (Å²) in [5, 5.41) is 17.6. The van der Waals surface area contributed by atoms with E-state index in [2.05, 4.69) is 16.5 Å². The number of anilines is 1. The Kier molecular flexibility index (Phi) is 4.73. The summed E-state index contributed by atoms with van der Waals surface area (Å²) >= 11 is 0. The number of aromatic nitrogens is 2. The van der Waals surface area contributed by atoms with E-state index in [0.29, 0.717) is 13.1 Å². The van der Waals surface area contributed by atoms with Gasteiger partial charge in [-0.2, -0.15) is 0 Å². The average Bonchev–Trinajstić information content (AvgIpc) is 2.25. The molecule has 0 unspecified atom stereocenters. The standard InChI is InChI=1S/C10H15N3O2/c1-2-6-13(7-4-10(14)15)9-3-5-11-8-12-9/h2-3,5,8,10,14-15H,1,4,6-7H2. The SMILES string of the molecule is C=CCN(CCC(O)O)c1ccncn1. The third-order valence-corrected chi connectivity index (χ3v) is 1.90. The Bertz CT molecular complexity index is 290. The van der Waals surface area contributed by atoms with Crippen LogP contribution in [0.5, 0.6) is 0 Å². The molecular formula is C10H15N3O2. The molecule has 15 heavy (non-hydrogen) atoms. The monoisotopic (exact) mass is 209 g/mol. The lowest BCUT2D eigenvalue weighted by Gasteiger charge is -2.22. The number of aliphatic hydroxyl groups excluding tert-OH is 1. The summed E-state index contributed by atoms with van der Waals surface area (Å²) in [6, 6.07) is 1.77. The van der Waals surface area contributed by atoms with Crippen LogP contribution >= 0.6 is 0 Å². The number of hydrogen-bond acceptors (Lipinski definition) is 5. The summed E-state index contributed by atoms with van der Waals surface area (Å²) in [5.41, 5.74) is 0. The van der Waals surface area contributed by atoms with Crippen LogP contribution in [0.4, 0.5) is 5.82 Å². The molecule has 0 saturated heterocycles. The van der Waals surface area contributed by atoms with Crippen molar-refractivity contribution in [2.45, 2.75) is 12.7 Å². The molecule has 0 aromatic carbocycles. The van der Waals surface area contributed by atoms with Crippen molar-refractivity contribution in [2.75, 3.05) is 18.0 Å². The van der Waals surface area contributed by atoms with Crippen LogP contribution < -0.4 is 4.90 Å². The maximum absolute atomic E-state index is 8.79. The van der Waals surface area contributed by atoms with E-state index in [1.54, 1.807) is 18.3 Å². The number of hydrogen-bond donors (Lipinski definition) is 2. The number of aliphatic hydroxyl groups is 2. The first kappa shape index (κ1) is 11.6. The largest absolute Gasteiger partial charge is 0.368 e. The molecule has 0 radical (unpaired) electrons. The van der Waals surface area contributed by atoms with Gasteiger partial charge in [-0.25, -0.2) is 9.97 Å². The minimum atomic E-state index is -1.29. The third kappa shape index (κ3) is 4.05. The van der Waals surface area contributed by atoms with Crippen LogP contribution in [0.1, 0.15) is 6.42 Å². The van der Waals surface area contributed by atoms with Crippen molar-refractivity contribution in [1.29, 1.82) is 0 Å². The molecule has 5 nitrogen and oxygen atoms in total. The van der Waals surface area contributed by atoms with Crippen molar-refractivity contribution >= 4 is 5.82 Å².